The zero-order valence-electron chi connectivity index (χ0n) is 12.9. The van der Waals surface area contributed by atoms with Gasteiger partial charge in [0.05, 0.1) is 6.61 Å². The van der Waals surface area contributed by atoms with Crippen LogP contribution in [0.25, 0.3) is 11.0 Å². The van der Waals surface area contributed by atoms with Crippen LogP contribution in [0, 0.1) is 6.92 Å². The Labute approximate surface area is 136 Å². The molecule has 1 aliphatic rings. The van der Waals surface area contributed by atoms with Crippen molar-refractivity contribution in [3.63, 3.8) is 0 Å². The number of aliphatic hydroxyl groups excluding tert-OH is 4. The molecule has 8 heteroatoms. The predicted octanol–water partition coefficient (Wildman–Crippen LogP) is -0.687. The Morgan fingerprint density at radius 3 is 2.62 bits per heavy atom. The number of aryl methyl sites for hydroxylation is 1. The van der Waals surface area contributed by atoms with Gasteiger partial charge < -0.3 is 34.9 Å². The minimum absolute atomic E-state index is 0.352. The fraction of sp³-hybridized carbons (Fsp3) is 0.438. The largest absolute Gasteiger partial charge is 0.422 e. The van der Waals surface area contributed by atoms with E-state index in [-0.39, 0.29) is 0 Å². The summed E-state index contributed by atoms with van der Waals surface area (Å²) in [6, 6.07) is 5.65. The monoisotopic (exact) mass is 337 g/mol. The van der Waals surface area contributed by atoms with Gasteiger partial charge in [0, 0.05) is 22.7 Å². The third kappa shape index (κ3) is 3.02. The predicted molar refractivity (Wildman–Crippen MR) is 84.6 cm³/mol. The molecule has 0 bridgehead atoms. The van der Waals surface area contributed by atoms with E-state index in [2.05, 4.69) is 5.32 Å². The second-order valence-electron chi connectivity index (χ2n) is 5.87. The molecule has 2 heterocycles. The van der Waals surface area contributed by atoms with Gasteiger partial charge in [0.25, 0.3) is 0 Å². The first kappa shape index (κ1) is 16.9. The molecular weight excluding hydrogens is 318 g/mol. The molecule has 1 aromatic heterocycles. The van der Waals surface area contributed by atoms with Crippen LogP contribution < -0.4 is 10.9 Å². The van der Waals surface area contributed by atoms with Crippen LogP contribution in [-0.2, 0) is 4.74 Å². The molecule has 1 aromatic carbocycles. The smallest absolute Gasteiger partial charge is 0.339 e. The van der Waals surface area contributed by atoms with Gasteiger partial charge >= 0.3 is 5.63 Å². The summed E-state index contributed by atoms with van der Waals surface area (Å²) < 4.78 is 10.3. The van der Waals surface area contributed by atoms with Crippen LogP contribution in [0.1, 0.15) is 5.56 Å². The molecule has 1 aliphatic heterocycles. The van der Waals surface area contributed by atoms with Gasteiger partial charge in [-0.1, -0.05) is 0 Å². The van der Waals surface area contributed by atoms with E-state index in [4.69, 9.17) is 14.3 Å². The molecule has 0 radical (unpaired) electrons. The van der Waals surface area contributed by atoms with E-state index in [1.165, 1.54) is 0 Å². The second kappa shape index (κ2) is 6.50. The average molecular weight is 337 g/mol. The summed E-state index contributed by atoms with van der Waals surface area (Å²) in [5.74, 6) is 0. The van der Waals surface area contributed by atoms with Crippen molar-refractivity contribution >= 4 is 16.7 Å². The fourth-order valence-corrected chi connectivity index (χ4v) is 2.75. The molecule has 0 amide bonds. The highest BCUT2D eigenvalue weighted by atomic mass is 16.6. The molecular formula is C16H19NO7. The molecule has 0 aliphatic carbocycles. The van der Waals surface area contributed by atoms with Crippen LogP contribution in [0.4, 0.5) is 5.69 Å². The quantitative estimate of drug-likeness (QED) is 0.465. The van der Waals surface area contributed by atoms with E-state index >= 15 is 0 Å². The van der Waals surface area contributed by atoms with Crippen LogP contribution >= 0.6 is 0 Å². The number of hydrogen-bond donors (Lipinski definition) is 5. The van der Waals surface area contributed by atoms with E-state index in [0.717, 1.165) is 5.39 Å². The topological polar surface area (TPSA) is 132 Å². The van der Waals surface area contributed by atoms with Crippen molar-refractivity contribution in [3.05, 3.63) is 40.2 Å². The van der Waals surface area contributed by atoms with Crippen molar-refractivity contribution in [1.29, 1.82) is 0 Å². The van der Waals surface area contributed by atoms with Crippen molar-refractivity contribution in [2.75, 3.05) is 11.9 Å². The van der Waals surface area contributed by atoms with Crippen molar-refractivity contribution in [3.8, 4) is 0 Å². The third-order valence-corrected chi connectivity index (χ3v) is 4.14. The van der Waals surface area contributed by atoms with Crippen LogP contribution in [0.5, 0.6) is 0 Å². The number of rotatable bonds is 3. The maximum absolute atomic E-state index is 11.6. The highest BCUT2D eigenvalue weighted by Crippen LogP contribution is 2.25. The molecule has 5 atom stereocenters. The number of anilines is 1. The van der Waals surface area contributed by atoms with Gasteiger partial charge in [-0.3, -0.25) is 0 Å². The van der Waals surface area contributed by atoms with Crippen LogP contribution in [0.3, 0.4) is 0 Å². The summed E-state index contributed by atoms with van der Waals surface area (Å²) in [5.41, 5.74) is 0.871. The summed E-state index contributed by atoms with van der Waals surface area (Å²) in [5, 5.41) is 42.7. The number of hydrogen-bond acceptors (Lipinski definition) is 8. The molecule has 1 fully saturated rings. The highest BCUT2D eigenvalue weighted by molar-refractivity contribution is 5.80. The van der Waals surface area contributed by atoms with Crippen LogP contribution in [0.15, 0.2) is 33.5 Å². The lowest BCUT2D eigenvalue weighted by molar-refractivity contribution is -0.245. The van der Waals surface area contributed by atoms with Crippen molar-refractivity contribution in [1.82, 2.24) is 0 Å². The minimum Gasteiger partial charge on any atom is -0.422 e. The van der Waals surface area contributed by atoms with Crippen LogP contribution in [-0.4, -0.2) is 57.7 Å². The summed E-state index contributed by atoms with van der Waals surface area (Å²) >= 11 is 0. The molecule has 0 spiro atoms. The number of benzene rings is 1. The number of aliphatic hydroxyl groups is 4. The Morgan fingerprint density at radius 1 is 1.17 bits per heavy atom. The minimum atomic E-state index is -1.43. The lowest BCUT2D eigenvalue weighted by atomic mass is 9.97. The van der Waals surface area contributed by atoms with Crippen molar-refractivity contribution < 1.29 is 29.6 Å². The van der Waals surface area contributed by atoms with Crippen LogP contribution in [0.2, 0.25) is 0 Å². The first-order valence-corrected chi connectivity index (χ1v) is 7.52. The first-order valence-electron chi connectivity index (χ1n) is 7.52. The lowest BCUT2D eigenvalue weighted by Gasteiger charge is -2.40. The summed E-state index contributed by atoms with van der Waals surface area (Å²) in [6.45, 7) is 1.13. The second-order valence-corrected chi connectivity index (χ2v) is 5.87. The van der Waals surface area contributed by atoms with Gasteiger partial charge in [-0.05, 0) is 25.1 Å². The van der Waals surface area contributed by atoms with E-state index in [0.29, 0.717) is 16.8 Å². The SMILES string of the molecule is Cc1cc2ccc(N[C@H]3C(O)[C@H](O)C(CO)O[C@H]3O)cc2oc1=O. The molecule has 130 valence electrons. The third-order valence-electron chi connectivity index (χ3n) is 4.14. The maximum Gasteiger partial charge on any atom is 0.339 e. The summed E-state index contributed by atoms with van der Waals surface area (Å²) in [4.78, 5) is 11.6. The highest BCUT2D eigenvalue weighted by Gasteiger charge is 2.43. The number of nitrogens with one attached hydrogen (secondary N) is 1. The Bertz CT molecular complexity index is 790. The number of fused-ring (bicyclic) bond motifs is 1. The maximum atomic E-state index is 11.6. The van der Waals surface area contributed by atoms with Gasteiger partial charge in [-0.25, -0.2) is 4.79 Å². The average Bonchev–Trinajstić information content (AvgIpc) is 2.56. The normalized spacial score (nSPS) is 30.5. The fourth-order valence-electron chi connectivity index (χ4n) is 2.75. The van der Waals surface area contributed by atoms with Gasteiger partial charge in [-0.15, -0.1) is 0 Å². The van der Waals surface area contributed by atoms with Gasteiger partial charge in [-0.2, -0.15) is 0 Å². The zero-order valence-corrected chi connectivity index (χ0v) is 12.9. The first-order chi connectivity index (χ1) is 11.4. The van der Waals surface area contributed by atoms with Crippen molar-refractivity contribution in [2.24, 2.45) is 0 Å². The molecule has 0 saturated carbocycles. The van der Waals surface area contributed by atoms with E-state index in [1.807, 2.05) is 0 Å². The van der Waals surface area contributed by atoms with Gasteiger partial charge in [0.15, 0.2) is 6.29 Å². The standard InChI is InChI=1S/C16H19NO7/c1-7-4-8-2-3-9(5-10(8)23-15(7)21)17-12-14(20)13(19)11(6-18)24-16(12)22/h2-5,11-14,16-20,22H,6H2,1H3/t11?,12-,13+,14?,16+/m0/s1. The van der Waals surface area contributed by atoms with E-state index in [9.17, 15) is 20.1 Å². The van der Waals surface area contributed by atoms with Gasteiger partial charge in [0.1, 0.15) is 29.9 Å². The molecule has 1 saturated heterocycles. The van der Waals surface area contributed by atoms with E-state index < -0.39 is 42.9 Å². The zero-order chi connectivity index (χ0) is 17.4. The molecule has 2 unspecified atom stereocenters. The number of ether oxygens (including phenoxy) is 1. The van der Waals surface area contributed by atoms with Gasteiger partial charge in [0.2, 0.25) is 0 Å². The Hall–Kier alpha value is -1.97. The lowest BCUT2D eigenvalue weighted by Crippen LogP contribution is -2.61. The van der Waals surface area contributed by atoms with E-state index in [1.54, 1.807) is 31.2 Å². The summed E-state index contributed by atoms with van der Waals surface area (Å²) in [7, 11) is 0. The Kier molecular flexibility index (Phi) is 4.57. The molecule has 5 N–H and O–H groups in total. The molecule has 24 heavy (non-hydrogen) atoms. The molecule has 2 aromatic rings. The van der Waals surface area contributed by atoms with Crippen molar-refractivity contribution in [2.45, 2.75) is 37.6 Å². The molecule has 8 nitrogen and oxygen atoms in total. The Morgan fingerprint density at radius 2 is 1.92 bits per heavy atom. The Balaban J connectivity index is 1.86. The summed E-state index contributed by atoms with van der Waals surface area (Å²) in [6.07, 6.45) is -5.20. The molecule has 3 rings (SSSR count).